The van der Waals surface area contributed by atoms with Crippen LogP contribution in [0.1, 0.15) is 26.7 Å². The van der Waals surface area contributed by atoms with E-state index in [1.54, 1.807) is 12.1 Å². The van der Waals surface area contributed by atoms with Gasteiger partial charge in [0, 0.05) is 31.7 Å². The molecule has 28 heavy (non-hydrogen) atoms. The largest absolute Gasteiger partial charge is 0.489 e. The molecule has 1 aromatic rings. The minimum atomic E-state index is -0.319. The van der Waals surface area contributed by atoms with E-state index < -0.39 is 0 Å². The van der Waals surface area contributed by atoms with Gasteiger partial charge in [0.2, 0.25) is 5.91 Å². The van der Waals surface area contributed by atoms with Gasteiger partial charge in [-0.25, -0.2) is 9.38 Å². The van der Waals surface area contributed by atoms with Crippen molar-refractivity contribution in [3.8, 4) is 5.75 Å². The van der Waals surface area contributed by atoms with Crippen molar-refractivity contribution in [1.29, 1.82) is 0 Å². The summed E-state index contributed by atoms with van der Waals surface area (Å²) in [5.74, 6) is 0.627. The van der Waals surface area contributed by atoms with Gasteiger partial charge in [-0.05, 0) is 38.8 Å². The Kier molecular flexibility index (Phi) is 11.1. The van der Waals surface area contributed by atoms with Crippen molar-refractivity contribution in [2.75, 3.05) is 32.7 Å². The molecule has 7 nitrogen and oxygen atoms in total. The maximum Gasteiger partial charge on any atom is 0.231 e. The molecule has 1 aliphatic heterocycles. The van der Waals surface area contributed by atoms with E-state index in [-0.39, 0.29) is 41.8 Å². The van der Waals surface area contributed by atoms with E-state index in [2.05, 4.69) is 20.5 Å². The fraction of sp³-hybridized carbons (Fsp3) is 0.579. The van der Waals surface area contributed by atoms with Crippen LogP contribution in [0.2, 0.25) is 0 Å². The molecule has 0 radical (unpaired) electrons. The molecule has 1 atom stereocenters. The van der Waals surface area contributed by atoms with E-state index in [9.17, 15) is 9.18 Å². The zero-order valence-electron chi connectivity index (χ0n) is 16.5. The molecule has 0 aliphatic carbocycles. The van der Waals surface area contributed by atoms with Gasteiger partial charge in [0.05, 0.1) is 13.1 Å². The number of aliphatic imine (C=N–C) groups is 1. The number of amides is 1. The van der Waals surface area contributed by atoms with Gasteiger partial charge in [0.1, 0.15) is 17.7 Å². The second-order valence-corrected chi connectivity index (χ2v) is 6.77. The lowest BCUT2D eigenvalue weighted by atomic mass is 10.1. The van der Waals surface area contributed by atoms with E-state index >= 15 is 0 Å². The van der Waals surface area contributed by atoms with Crippen LogP contribution in [0.4, 0.5) is 4.39 Å². The Labute approximate surface area is 183 Å². The maximum atomic E-state index is 13.2. The molecule has 0 bridgehead atoms. The first-order valence-corrected chi connectivity index (χ1v) is 9.44. The molecule has 158 valence electrons. The number of likely N-dealkylation sites (tertiary alicyclic amines) is 1. The summed E-state index contributed by atoms with van der Waals surface area (Å²) in [5, 5.41) is 6.68. The van der Waals surface area contributed by atoms with Crippen LogP contribution in [-0.4, -0.2) is 61.6 Å². The van der Waals surface area contributed by atoms with Crippen LogP contribution in [0.15, 0.2) is 29.3 Å². The zero-order chi connectivity index (χ0) is 19.6. The summed E-state index contributed by atoms with van der Waals surface area (Å²) in [6.45, 7) is 7.10. The fourth-order valence-corrected chi connectivity index (χ4v) is 3.00. The van der Waals surface area contributed by atoms with Crippen molar-refractivity contribution in [2.24, 2.45) is 10.7 Å². The highest BCUT2D eigenvalue weighted by atomic mass is 127. The molecule has 1 aliphatic rings. The number of nitrogens with zero attached hydrogens (tertiary/aromatic N) is 2. The van der Waals surface area contributed by atoms with Crippen LogP contribution < -0.4 is 21.1 Å². The van der Waals surface area contributed by atoms with Gasteiger partial charge < -0.3 is 21.1 Å². The van der Waals surface area contributed by atoms with Crippen LogP contribution in [0.3, 0.4) is 0 Å². The fourth-order valence-electron chi connectivity index (χ4n) is 3.00. The van der Waals surface area contributed by atoms with Crippen LogP contribution >= 0.6 is 24.0 Å². The third-order valence-corrected chi connectivity index (χ3v) is 4.29. The highest BCUT2D eigenvalue weighted by Crippen LogP contribution is 2.14. The Hall–Kier alpha value is -1.62. The lowest BCUT2D eigenvalue weighted by Crippen LogP contribution is -2.50. The third-order valence-electron chi connectivity index (χ3n) is 4.29. The first-order valence-electron chi connectivity index (χ1n) is 9.44. The molecule has 1 heterocycles. The second kappa shape index (κ2) is 12.8. The number of benzene rings is 1. The number of carbonyl (C=O) groups excluding carboxylic acids is 1. The minimum Gasteiger partial charge on any atom is -0.489 e. The quantitative estimate of drug-likeness (QED) is 0.283. The number of nitrogens with two attached hydrogens (primary N) is 1. The topological polar surface area (TPSA) is 92.0 Å². The van der Waals surface area contributed by atoms with Crippen molar-refractivity contribution in [3.63, 3.8) is 0 Å². The van der Waals surface area contributed by atoms with Crippen molar-refractivity contribution in [1.82, 2.24) is 15.5 Å². The predicted octanol–water partition coefficient (Wildman–Crippen LogP) is 1.72. The van der Waals surface area contributed by atoms with Crippen LogP contribution in [0.25, 0.3) is 0 Å². The summed E-state index contributed by atoms with van der Waals surface area (Å²) in [4.78, 5) is 17.7. The normalized spacial score (nSPS) is 16.8. The Morgan fingerprint density at radius 3 is 2.75 bits per heavy atom. The van der Waals surface area contributed by atoms with Gasteiger partial charge in [-0.1, -0.05) is 6.07 Å². The summed E-state index contributed by atoms with van der Waals surface area (Å²) in [6, 6.07) is 6.40. The number of carbonyl (C=O) groups is 1. The minimum absolute atomic E-state index is 0. The van der Waals surface area contributed by atoms with Crippen molar-refractivity contribution in [3.05, 3.63) is 30.1 Å². The van der Waals surface area contributed by atoms with E-state index in [0.29, 0.717) is 24.9 Å². The molecular formula is C19H31FIN5O2. The van der Waals surface area contributed by atoms with Gasteiger partial charge in [-0.3, -0.25) is 9.69 Å². The Bertz CT molecular complexity index is 639. The summed E-state index contributed by atoms with van der Waals surface area (Å²) in [7, 11) is 0. The Balaban J connectivity index is 0.00000392. The van der Waals surface area contributed by atoms with Gasteiger partial charge in [0.15, 0.2) is 5.96 Å². The summed E-state index contributed by atoms with van der Waals surface area (Å²) < 4.78 is 18.9. The first kappa shape index (κ1) is 24.4. The highest BCUT2D eigenvalue weighted by Gasteiger charge is 2.20. The number of halogens is 2. The number of ether oxygens (including phenoxy) is 1. The van der Waals surface area contributed by atoms with E-state index in [1.165, 1.54) is 12.1 Å². The number of nitrogens with one attached hydrogen (secondary N) is 2. The van der Waals surface area contributed by atoms with Crippen LogP contribution in [0, 0.1) is 5.82 Å². The molecule has 1 amide bonds. The smallest absolute Gasteiger partial charge is 0.231 e. The average molecular weight is 507 g/mol. The standard InChI is InChI=1S/C19H30FN5O2.HI/c1-3-22-19(24-16-7-9-25(10-8-16)13-18(21)26)23-12-14(2)27-17-6-4-5-15(20)11-17;/h4-6,11,14,16H,3,7-10,12-13H2,1-2H3,(H2,21,26)(H2,22,23,24);1H. The van der Waals surface area contributed by atoms with Crippen LogP contribution in [0.5, 0.6) is 5.75 Å². The second-order valence-electron chi connectivity index (χ2n) is 6.77. The summed E-state index contributed by atoms with van der Waals surface area (Å²) in [5.41, 5.74) is 5.25. The highest BCUT2D eigenvalue weighted by molar-refractivity contribution is 14.0. The van der Waals surface area contributed by atoms with E-state index in [4.69, 9.17) is 10.5 Å². The number of piperidine rings is 1. The van der Waals surface area contributed by atoms with Crippen molar-refractivity contribution >= 4 is 35.8 Å². The summed E-state index contributed by atoms with van der Waals surface area (Å²) >= 11 is 0. The monoisotopic (exact) mass is 507 g/mol. The zero-order valence-corrected chi connectivity index (χ0v) is 18.8. The lowest BCUT2D eigenvalue weighted by molar-refractivity contribution is -0.119. The third kappa shape index (κ3) is 9.05. The van der Waals surface area contributed by atoms with Gasteiger partial charge in [0.25, 0.3) is 0 Å². The number of rotatable bonds is 8. The molecule has 2 rings (SSSR count). The SMILES string of the molecule is CCNC(=NCC(C)Oc1cccc(F)c1)NC1CCN(CC(N)=O)CC1.I. The Morgan fingerprint density at radius 2 is 2.14 bits per heavy atom. The molecule has 1 fully saturated rings. The number of hydrogen-bond acceptors (Lipinski definition) is 4. The molecule has 1 saturated heterocycles. The predicted molar refractivity (Wildman–Crippen MR) is 120 cm³/mol. The number of primary amides is 1. The van der Waals surface area contributed by atoms with E-state index in [1.807, 2.05) is 13.8 Å². The molecule has 9 heteroatoms. The van der Waals surface area contributed by atoms with Gasteiger partial charge >= 0.3 is 0 Å². The first-order chi connectivity index (χ1) is 13.0. The Morgan fingerprint density at radius 1 is 1.43 bits per heavy atom. The molecule has 4 N–H and O–H groups in total. The molecule has 1 aromatic carbocycles. The summed E-state index contributed by atoms with van der Waals surface area (Å²) in [6.07, 6.45) is 1.67. The van der Waals surface area contributed by atoms with Crippen molar-refractivity contribution in [2.45, 2.75) is 38.8 Å². The maximum absolute atomic E-state index is 13.2. The number of guanidine groups is 1. The number of hydrogen-bond donors (Lipinski definition) is 3. The van der Waals surface area contributed by atoms with Crippen molar-refractivity contribution < 1.29 is 13.9 Å². The molecule has 0 spiro atoms. The average Bonchev–Trinajstić information content (AvgIpc) is 2.61. The van der Waals surface area contributed by atoms with Gasteiger partial charge in [-0.15, -0.1) is 24.0 Å². The van der Waals surface area contributed by atoms with E-state index in [0.717, 1.165) is 38.4 Å². The lowest BCUT2D eigenvalue weighted by Gasteiger charge is -2.32. The van der Waals surface area contributed by atoms with Crippen LogP contribution in [-0.2, 0) is 4.79 Å². The molecule has 1 unspecified atom stereocenters. The molecule has 0 saturated carbocycles. The van der Waals surface area contributed by atoms with Gasteiger partial charge in [-0.2, -0.15) is 0 Å². The molecular weight excluding hydrogens is 476 g/mol. The molecule has 0 aromatic heterocycles.